The van der Waals surface area contributed by atoms with Gasteiger partial charge in [0.05, 0.1) is 0 Å². The molecule has 0 aromatic heterocycles. The van der Waals surface area contributed by atoms with Crippen LogP contribution in [0.4, 0.5) is 11.4 Å². The highest BCUT2D eigenvalue weighted by molar-refractivity contribution is 6.31. The maximum atomic E-state index is 6.21. The van der Waals surface area contributed by atoms with Gasteiger partial charge in [-0.15, -0.1) is 0 Å². The van der Waals surface area contributed by atoms with Crippen LogP contribution in [0, 0.1) is 0 Å². The van der Waals surface area contributed by atoms with Crippen molar-refractivity contribution in [2.24, 2.45) is 0 Å². The van der Waals surface area contributed by atoms with Crippen molar-refractivity contribution < 1.29 is 0 Å². The van der Waals surface area contributed by atoms with Gasteiger partial charge in [0.25, 0.3) is 0 Å². The topological polar surface area (TPSA) is 29.3 Å². The molecule has 2 aromatic carbocycles. The molecule has 0 spiro atoms. The monoisotopic (exact) mass is 258 g/mol. The van der Waals surface area contributed by atoms with Crippen LogP contribution in [0.25, 0.3) is 0 Å². The minimum Gasteiger partial charge on any atom is -0.398 e. The van der Waals surface area contributed by atoms with E-state index in [-0.39, 0.29) is 0 Å². The summed E-state index contributed by atoms with van der Waals surface area (Å²) in [6.07, 6.45) is 1.02. The summed E-state index contributed by atoms with van der Waals surface area (Å²) in [6.45, 7) is 1.85. The van der Waals surface area contributed by atoms with Crippen LogP contribution in [0.5, 0.6) is 0 Å². The SMILES string of the molecule is Nc1cccc2c1CCN2Cc1ccccc1Cl. The molecule has 0 amide bonds. The van der Waals surface area contributed by atoms with E-state index >= 15 is 0 Å². The molecule has 0 bridgehead atoms. The van der Waals surface area contributed by atoms with Gasteiger partial charge >= 0.3 is 0 Å². The molecule has 92 valence electrons. The smallest absolute Gasteiger partial charge is 0.0455 e. The zero-order valence-electron chi connectivity index (χ0n) is 10.1. The minimum atomic E-state index is 0.829. The van der Waals surface area contributed by atoms with Crippen molar-refractivity contribution >= 4 is 23.0 Å². The van der Waals surface area contributed by atoms with Crippen molar-refractivity contribution in [3.8, 4) is 0 Å². The fourth-order valence-electron chi connectivity index (χ4n) is 2.52. The molecule has 1 aliphatic rings. The summed E-state index contributed by atoms with van der Waals surface area (Å²) >= 11 is 6.21. The van der Waals surface area contributed by atoms with Gasteiger partial charge in [0.15, 0.2) is 0 Å². The average Bonchev–Trinajstić information content (AvgIpc) is 2.77. The summed E-state index contributed by atoms with van der Waals surface area (Å²) in [6, 6.07) is 14.1. The summed E-state index contributed by atoms with van der Waals surface area (Å²) in [4.78, 5) is 2.34. The predicted octanol–water partition coefficient (Wildman–Crippen LogP) is 3.48. The lowest BCUT2D eigenvalue weighted by Crippen LogP contribution is -2.19. The van der Waals surface area contributed by atoms with Crippen LogP contribution >= 0.6 is 11.6 Å². The molecule has 0 fully saturated rings. The molecule has 1 aliphatic heterocycles. The third-order valence-corrected chi connectivity index (χ3v) is 3.85. The van der Waals surface area contributed by atoms with Crippen LogP contribution in [0.3, 0.4) is 0 Å². The lowest BCUT2D eigenvalue weighted by atomic mass is 10.1. The number of benzene rings is 2. The standard InChI is InChI=1S/C15H15ClN2/c16-13-5-2-1-4-11(13)10-18-9-8-12-14(17)6-3-7-15(12)18/h1-7H,8-10,17H2. The quantitative estimate of drug-likeness (QED) is 0.836. The van der Waals surface area contributed by atoms with Gasteiger partial charge in [-0.3, -0.25) is 0 Å². The van der Waals surface area contributed by atoms with E-state index in [0.29, 0.717) is 0 Å². The Morgan fingerprint density at radius 3 is 2.78 bits per heavy atom. The summed E-state index contributed by atoms with van der Waals surface area (Å²) < 4.78 is 0. The van der Waals surface area contributed by atoms with Crippen LogP contribution in [-0.2, 0) is 13.0 Å². The van der Waals surface area contributed by atoms with Gasteiger partial charge in [-0.25, -0.2) is 0 Å². The van der Waals surface area contributed by atoms with E-state index in [9.17, 15) is 0 Å². The van der Waals surface area contributed by atoms with E-state index in [1.165, 1.54) is 11.3 Å². The number of anilines is 2. The maximum absolute atomic E-state index is 6.21. The lowest BCUT2D eigenvalue weighted by molar-refractivity contribution is 0.836. The lowest BCUT2D eigenvalue weighted by Gasteiger charge is -2.20. The summed E-state index contributed by atoms with van der Waals surface area (Å²) in [5.74, 6) is 0. The number of halogens is 1. The Morgan fingerprint density at radius 2 is 1.94 bits per heavy atom. The average molecular weight is 259 g/mol. The molecule has 0 saturated heterocycles. The molecule has 0 saturated carbocycles. The van der Waals surface area contributed by atoms with Crippen molar-refractivity contribution in [1.29, 1.82) is 0 Å². The fourth-order valence-corrected chi connectivity index (χ4v) is 2.72. The largest absolute Gasteiger partial charge is 0.398 e. The number of hydrogen-bond donors (Lipinski definition) is 1. The number of fused-ring (bicyclic) bond motifs is 1. The Morgan fingerprint density at radius 1 is 1.11 bits per heavy atom. The predicted molar refractivity (Wildman–Crippen MR) is 77.1 cm³/mol. The number of nitrogens with zero attached hydrogens (tertiary/aromatic N) is 1. The highest BCUT2D eigenvalue weighted by atomic mass is 35.5. The molecular formula is C15H15ClN2. The van der Waals surface area contributed by atoms with Gasteiger partial charge in [-0.05, 0) is 30.2 Å². The van der Waals surface area contributed by atoms with Gasteiger partial charge in [0.2, 0.25) is 0 Å². The summed E-state index contributed by atoms with van der Waals surface area (Å²) in [5, 5.41) is 0.829. The molecule has 0 atom stereocenters. The summed E-state index contributed by atoms with van der Waals surface area (Å²) in [7, 11) is 0. The zero-order valence-corrected chi connectivity index (χ0v) is 10.8. The second-order valence-corrected chi connectivity index (χ2v) is 5.02. The van der Waals surface area contributed by atoms with Crippen LogP contribution < -0.4 is 10.6 Å². The molecule has 2 N–H and O–H groups in total. The second-order valence-electron chi connectivity index (χ2n) is 4.61. The number of nitrogen functional groups attached to an aromatic ring is 1. The van der Waals surface area contributed by atoms with Crippen molar-refractivity contribution in [1.82, 2.24) is 0 Å². The van der Waals surface area contributed by atoms with E-state index in [0.717, 1.165) is 35.8 Å². The zero-order chi connectivity index (χ0) is 12.5. The van der Waals surface area contributed by atoms with Crippen LogP contribution in [0.1, 0.15) is 11.1 Å². The van der Waals surface area contributed by atoms with Gasteiger partial charge in [-0.2, -0.15) is 0 Å². The van der Waals surface area contributed by atoms with E-state index in [2.05, 4.69) is 17.0 Å². The van der Waals surface area contributed by atoms with Crippen molar-refractivity contribution in [3.05, 3.63) is 58.6 Å². The van der Waals surface area contributed by atoms with Gasteiger partial charge in [0.1, 0.15) is 0 Å². The molecular weight excluding hydrogens is 244 g/mol. The molecule has 1 heterocycles. The maximum Gasteiger partial charge on any atom is 0.0455 e. The molecule has 18 heavy (non-hydrogen) atoms. The number of hydrogen-bond acceptors (Lipinski definition) is 2. The molecule has 0 unspecified atom stereocenters. The second kappa shape index (κ2) is 4.54. The molecule has 3 heteroatoms. The Balaban J connectivity index is 1.90. The van der Waals surface area contributed by atoms with Crippen molar-refractivity contribution in [2.45, 2.75) is 13.0 Å². The van der Waals surface area contributed by atoms with Crippen molar-refractivity contribution in [2.75, 3.05) is 17.2 Å². The molecule has 3 rings (SSSR count). The van der Waals surface area contributed by atoms with Gasteiger partial charge < -0.3 is 10.6 Å². The number of nitrogens with two attached hydrogens (primary N) is 1. The van der Waals surface area contributed by atoms with Crippen LogP contribution in [-0.4, -0.2) is 6.54 Å². The van der Waals surface area contributed by atoms with E-state index < -0.39 is 0 Å². The van der Waals surface area contributed by atoms with E-state index in [1.807, 2.05) is 30.3 Å². The Labute approximate surface area is 112 Å². The van der Waals surface area contributed by atoms with Crippen LogP contribution in [0.2, 0.25) is 5.02 Å². The number of rotatable bonds is 2. The highest BCUT2D eigenvalue weighted by Crippen LogP contribution is 2.33. The first-order valence-electron chi connectivity index (χ1n) is 6.11. The van der Waals surface area contributed by atoms with Crippen LogP contribution in [0.15, 0.2) is 42.5 Å². The molecule has 0 aliphatic carbocycles. The summed E-state index contributed by atoms with van der Waals surface area (Å²) in [5.41, 5.74) is 10.6. The first kappa shape index (κ1) is 11.4. The normalized spacial score (nSPS) is 13.7. The Bertz CT molecular complexity index is 580. The van der Waals surface area contributed by atoms with Gasteiger partial charge in [0, 0.05) is 35.1 Å². The molecule has 2 aromatic rings. The first-order chi connectivity index (χ1) is 8.75. The minimum absolute atomic E-state index is 0.829. The van der Waals surface area contributed by atoms with E-state index in [1.54, 1.807) is 0 Å². The Kier molecular flexibility index (Phi) is 2.88. The Hall–Kier alpha value is -1.67. The first-order valence-corrected chi connectivity index (χ1v) is 6.49. The van der Waals surface area contributed by atoms with E-state index in [4.69, 9.17) is 17.3 Å². The van der Waals surface area contributed by atoms with Gasteiger partial charge in [-0.1, -0.05) is 35.9 Å². The molecule has 2 nitrogen and oxygen atoms in total. The third kappa shape index (κ3) is 1.93. The van der Waals surface area contributed by atoms with Crippen molar-refractivity contribution in [3.63, 3.8) is 0 Å². The molecule has 0 radical (unpaired) electrons. The highest BCUT2D eigenvalue weighted by Gasteiger charge is 2.21. The third-order valence-electron chi connectivity index (χ3n) is 3.48. The fraction of sp³-hybridized carbons (Fsp3) is 0.200.